The molecule has 0 aliphatic carbocycles. The van der Waals surface area contributed by atoms with E-state index in [0.717, 1.165) is 25.9 Å². The number of hydrogen-bond donors (Lipinski definition) is 5. The van der Waals surface area contributed by atoms with Crippen LogP contribution in [-0.2, 0) is 52.6 Å². The zero-order valence-electron chi connectivity index (χ0n) is 14.9. The molecule has 2 aliphatic rings. The van der Waals surface area contributed by atoms with Crippen molar-refractivity contribution in [3.63, 3.8) is 0 Å². The Morgan fingerprint density at radius 2 is 1.85 bits per heavy atom. The minimum absolute atomic E-state index is 0. The topological polar surface area (TPSA) is 257 Å². The Bertz CT molecular complexity index is 448. The third-order valence-corrected chi connectivity index (χ3v) is 2.67. The first-order valence-electron chi connectivity index (χ1n) is 6.88. The summed E-state index contributed by atoms with van der Waals surface area (Å²) >= 11 is 0. The van der Waals surface area contributed by atoms with Crippen molar-refractivity contribution in [1.82, 2.24) is 5.32 Å². The molecule has 0 aromatic heterocycles. The third-order valence-electron chi connectivity index (χ3n) is 2.67. The standard InChI is InChI=1S/C6H11N2O.C6H8N2O.2CH2O2.Cd.2H2O/c2*7-6(9)5-2-1-3-8-4-5;2*2-1-3;;;/h5H,1-4H2,(H2,7,9);1-2,4,8H,3H2,(H2,7,9);2*1H,(H,2,3);;2*1H2/q-1;;;;+2;;/p+1. The third kappa shape index (κ3) is 24.0. The molecule has 0 radical (unpaired) electrons. The number of carboxylic acid groups (broad SMARTS) is 2. The summed E-state index contributed by atoms with van der Waals surface area (Å²) in [6.07, 6.45) is 6.95. The van der Waals surface area contributed by atoms with Crippen molar-refractivity contribution in [2.75, 3.05) is 19.6 Å². The molecule has 0 aromatic rings. The van der Waals surface area contributed by atoms with Crippen molar-refractivity contribution in [2.24, 2.45) is 11.7 Å². The number of amides is 1. The Labute approximate surface area is 176 Å². The molecular formula is C14H28CdN4O8+2. The molecule has 2 rings (SSSR count). The second-order valence-corrected chi connectivity index (χ2v) is 4.32. The molecule has 0 spiro atoms. The molecule has 13 heteroatoms. The van der Waals surface area contributed by atoms with Gasteiger partial charge in [0, 0.05) is 18.7 Å². The second-order valence-electron chi connectivity index (χ2n) is 4.32. The number of piperidine rings is 1. The molecule has 1 unspecified atom stereocenters. The van der Waals surface area contributed by atoms with Gasteiger partial charge >= 0.3 is 27.3 Å². The van der Waals surface area contributed by atoms with Gasteiger partial charge in [-0.1, -0.05) is 18.6 Å². The van der Waals surface area contributed by atoms with Crippen molar-refractivity contribution in [3.8, 4) is 0 Å². The quantitative estimate of drug-likeness (QED) is 0.0886. The monoisotopic (exact) mass is 494 g/mol. The summed E-state index contributed by atoms with van der Waals surface area (Å²) in [5.74, 6) is -0.810. The van der Waals surface area contributed by atoms with Gasteiger partial charge in [-0.25, -0.2) is 0 Å². The van der Waals surface area contributed by atoms with Crippen LogP contribution in [0, 0.1) is 11.3 Å². The predicted octanol–water partition coefficient (Wildman–Crippen LogP) is -2.82. The summed E-state index contributed by atoms with van der Waals surface area (Å²) in [5.41, 5.74) is 5.49. The van der Waals surface area contributed by atoms with Gasteiger partial charge in [0.05, 0.1) is 0 Å². The van der Waals surface area contributed by atoms with Crippen LogP contribution >= 0.6 is 0 Å². The van der Waals surface area contributed by atoms with Crippen LogP contribution in [0.5, 0.6) is 0 Å². The van der Waals surface area contributed by atoms with E-state index in [9.17, 15) is 9.90 Å². The molecule has 152 valence electrons. The van der Waals surface area contributed by atoms with Gasteiger partial charge in [-0.15, -0.1) is 13.1 Å². The molecule has 1 amide bonds. The number of carbonyl (C=O) groups is 3. The van der Waals surface area contributed by atoms with E-state index in [1.54, 1.807) is 12.3 Å². The number of primary amides is 1. The maximum atomic E-state index is 10.5. The van der Waals surface area contributed by atoms with Crippen molar-refractivity contribution in [2.45, 2.75) is 12.8 Å². The normalized spacial score (nSPS) is 15.6. The number of dihydropyridines is 1. The molecule has 1 saturated heterocycles. The van der Waals surface area contributed by atoms with Gasteiger partial charge in [-0.2, -0.15) is 0 Å². The van der Waals surface area contributed by atoms with Crippen LogP contribution in [0.1, 0.15) is 12.8 Å². The molecular weight excluding hydrogens is 465 g/mol. The summed E-state index contributed by atoms with van der Waals surface area (Å²) in [6.45, 7) is 1.80. The average Bonchev–Trinajstić information content (AvgIpc) is 2.58. The average molecular weight is 493 g/mol. The largest absolute Gasteiger partial charge is 2.00 e. The zero-order chi connectivity index (χ0) is 18.8. The van der Waals surface area contributed by atoms with Crippen LogP contribution in [0.25, 0.3) is 5.32 Å². The van der Waals surface area contributed by atoms with E-state index in [-0.39, 0.29) is 63.0 Å². The Kier molecular flexibility index (Phi) is 34.9. The van der Waals surface area contributed by atoms with Crippen molar-refractivity contribution in [3.05, 3.63) is 29.2 Å². The van der Waals surface area contributed by atoms with E-state index in [1.165, 1.54) is 0 Å². The summed E-state index contributed by atoms with van der Waals surface area (Å²) in [5, 5.41) is 37.7. The van der Waals surface area contributed by atoms with Crippen LogP contribution in [0.2, 0.25) is 0 Å². The minimum Gasteiger partial charge on any atom is -0.859 e. The first-order valence-corrected chi connectivity index (χ1v) is 6.88. The van der Waals surface area contributed by atoms with Gasteiger partial charge < -0.3 is 48.0 Å². The number of nitrogens with one attached hydrogen (secondary N) is 2. The van der Waals surface area contributed by atoms with E-state index < -0.39 is 5.90 Å². The number of carbonyl (C=O) groups excluding carboxylic acids is 1. The molecule has 0 aromatic carbocycles. The van der Waals surface area contributed by atoms with E-state index in [4.69, 9.17) is 30.9 Å². The number of nitrogens with two attached hydrogens (primary N) is 1. The van der Waals surface area contributed by atoms with E-state index in [1.807, 2.05) is 6.08 Å². The fraction of sp³-hybridized carbons (Fsp3) is 0.429. The van der Waals surface area contributed by atoms with E-state index in [2.05, 4.69) is 10.6 Å². The molecule has 1 fully saturated rings. The zero-order valence-corrected chi connectivity index (χ0v) is 18.9. The Balaban J connectivity index is -0.0000000856. The number of rotatable bonds is 2. The predicted molar refractivity (Wildman–Crippen MR) is 95.1 cm³/mol. The van der Waals surface area contributed by atoms with Crippen LogP contribution in [-0.4, -0.2) is 54.6 Å². The molecule has 2 heterocycles. The van der Waals surface area contributed by atoms with Gasteiger partial charge in [0.25, 0.3) is 12.9 Å². The van der Waals surface area contributed by atoms with Crippen molar-refractivity contribution in [1.29, 1.82) is 5.41 Å². The molecule has 2 aliphatic heterocycles. The van der Waals surface area contributed by atoms with E-state index >= 15 is 0 Å². The van der Waals surface area contributed by atoms with Crippen LogP contribution in [0.4, 0.5) is 0 Å². The fourth-order valence-electron chi connectivity index (χ4n) is 1.63. The van der Waals surface area contributed by atoms with Gasteiger partial charge in [0.15, 0.2) is 0 Å². The maximum absolute atomic E-state index is 10.5. The van der Waals surface area contributed by atoms with Crippen molar-refractivity contribution < 1.29 is 68.0 Å². The van der Waals surface area contributed by atoms with Crippen LogP contribution in [0.15, 0.2) is 23.9 Å². The van der Waals surface area contributed by atoms with Gasteiger partial charge in [-0.3, -0.25) is 14.4 Å². The molecule has 0 saturated carbocycles. The molecule has 12 N–H and O–H groups in total. The SMILES string of the molecule is N=C([O-])C1=CNCC=C1.NC(=O)C1CCC[N-]C1.O=CO.O=CO.[Cd+2].[OH3+].[OH3+]. The first-order chi connectivity index (χ1) is 11.4. The smallest absolute Gasteiger partial charge is 0.859 e. The van der Waals surface area contributed by atoms with Crippen molar-refractivity contribution >= 4 is 24.7 Å². The second kappa shape index (κ2) is 26.2. The number of nitrogens with zero attached hydrogens (tertiary/aromatic N) is 1. The first kappa shape index (κ1) is 36.0. The molecule has 1 atom stereocenters. The van der Waals surface area contributed by atoms with Gasteiger partial charge in [0.2, 0.25) is 5.91 Å². The minimum atomic E-state index is -0.640. The number of hydrogen-bond acceptors (Lipinski definition) is 6. The maximum Gasteiger partial charge on any atom is 2.00 e. The fourth-order valence-corrected chi connectivity index (χ4v) is 1.63. The van der Waals surface area contributed by atoms with E-state index in [0.29, 0.717) is 12.1 Å². The van der Waals surface area contributed by atoms with Crippen LogP contribution in [0.3, 0.4) is 0 Å². The summed E-state index contributed by atoms with van der Waals surface area (Å²) < 4.78 is 0. The van der Waals surface area contributed by atoms with Crippen LogP contribution < -0.4 is 16.2 Å². The Morgan fingerprint density at radius 1 is 1.33 bits per heavy atom. The summed E-state index contributed by atoms with van der Waals surface area (Å²) in [6, 6.07) is 0. The molecule has 0 bridgehead atoms. The Morgan fingerprint density at radius 3 is 2.07 bits per heavy atom. The molecule has 27 heavy (non-hydrogen) atoms. The summed E-state index contributed by atoms with van der Waals surface area (Å²) in [7, 11) is 0. The van der Waals surface area contributed by atoms with Gasteiger partial charge in [-0.05, 0) is 17.9 Å². The Hall–Kier alpha value is -2.04. The summed E-state index contributed by atoms with van der Waals surface area (Å²) in [4.78, 5) is 27.2. The van der Waals surface area contributed by atoms with Gasteiger partial charge in [0.1, 0.15) is 0 Å². The molecule has 12 nitrogen and oxygen atoms in total.